The molecule has 1 rings (SSSR count). The maximum atomic E-state index is 11.2. The van der Waals surface area contributed by atoms with Gasteiger partial charge in [-0.1, -0.05) is 39.0 Å². The Morgan fingerprint density at radius 1 is 1.38 bits per heavy atom. The van der Waals surface area contributed by atoms with Crippen LogP contribution >= 0.6 is 0 Å². The molecule has 0 bridgehead atoms. The van der Waals surface area contributed by atoms with Crippen molar-refractivity contribution in [3.63, 3.8) is 0 Å². The van der Waals surface area contributed by atoms with Crippen LogP contribution in [0.4, 0.5) is 0 Å². The average Bonchev–Trinajstić information content (AvgIpc) is 2.30. The smallest absolute Gasteiger partial charge is 0.308 e. The third kappa shape index (κ3) is 4.12. The molecule has 0 radical (unpaired) electrons. The van der Waals surface area contributed by atoms with Gasteiger partial charge in [0.05, 0.1) is 19.1 Å². The molecule has 0 amide bonds. The molecule has 0 aromatic rings. The van der Waals surface area contributed by atoms with Crippen LogP contribution in [0.3, 0.4) is 0 Å². The largest absolute Gasteiger partial charge is 0.469 e. The van der Waals surface area contributed by atoms with Gasteiger partial charge in [-0.15, -0.1) is 0 Å². The van der Waals surface area contributed by atoms with Crippen LogP contribution in [0.2, 0.25) is 0 Å². The van der Waals surface area contributed by atoms with E-state index in [2.05, 4.69) is 4.74 Å². The van der Waals surface area contributed by atoms with E-state index in [0.29, 0.717) is 12.3 Å². The summed E-state index contributed by atoms with van der Waals surface area (Å²) in [7, 11) is 1.37. The molecule has 0 aliphatic heterocycles. The summed E-state index contributed by atoms with van der Waals surface area (Å²) in [4.78, 5) is 11.2. The van der Waals surface area contributed by atoms with Gasteiger partial charge in [0.15, 0.2) is 0 Å². The molecule has 1 aliphatic rings. The molecule has 1 fully saturated rings. The Balaban J connectivity index is 2.47. The second kappa shape index (κ2) is 6.24. The van der Waals surface area contributed by atoms with Crippen LogP contribution < -0.4 is 0 Å². The summed E-state index contributed by atoms with van der Waals surface area (Å²) in [6.45, 7) is 1.94. The number of carbonyl (C=O) groups excluding carboxylic acids is 1. The van der Waals surface area contributed by atoms with E-state index >= 15 is 0 Å². The Hall–Kier alpha value is -0.570. The zero-order valence-corrected chi connectivity index (χ0v) is 10.5. The number of rotatable bonds is 5. The van der Waals surface area contributed by atoms with Crippen molar-refractivity contribution in [1.29, 1.82) is 0 Å². The molecule has 1 unspecified atom stereocenters. The second-order valence-corrected chi connectivity index (χ2v) is 5.04. The minimum Gasteiger partial charge on any atom is -0.469 e. The number of aliphatic hydroxyl groups is 1. The summed E-state index contributed by atoms with van der Waals surface area (Å²) in [6, 6.07) is 0. The van der Waals surface area contributed by atoms with Gasteiger partial charge < -0.3 is 9.84 Å². The first-order valence-corrected chi connectivity index (χ1v) is 6.39. The van der Waals surface area contributed by atoms with E-state index in [-0.39, 0.29) is 12.4 Å². The molecule has 0 heterocycles. The number of methoxy groups -OCH3 is 1. The maximum Gasteiger partial charge on any atom is 0.308 e. The first kappa shape index (κ1) is 13.5. The highest BCUT2D eigenvalue weighted by Crippen LogP contribution is 2.33. The van der Waals surface area contributed by atoms with Crippen LogP contribution in [-0.2, 0) is 9.53 Å². The van der Waals surface area contributed by atoms with Crippen molar-refractivity contribution in [3.8, 4) is 0 Å². The van der Waals surface area contributed by atoms with Crippen LogP contribution in [0.5, 0.6) is 0 Å². The van der Waals surface area contributed by atoms with Crippen LogP contribution in [0.1, 0.15) is 58.3 Å². The van der Waals surface area contributed by atoms with Crippen LogP contribution in [0.25, 0.3) is 0 Å². The lowest BCUT2D eigenvalue weighted by Crippen LogP contribution is -2.34. The number of esters is 1. The summed E-state index contributed by atoms with van der Waals surface area (Å²) in [5.74, 6) is 0.281. The van der Waals surface area contributed by atoms with Gasteiger partial charge in [-0.2, -0.15) is 0 Å². The van der Waals surface area contributed by atoms with Crippen LogP contribution in [0, 0.1) is 5.92 Å². The van der Waals surface area contributed by atoms with Crippen molar-refractivity contribution in [2.45, 2.75) is 63.9 Å². The first-order valence-electron chi connectivity index (χ1n) is 6.39. The van der Waals surface area contributed by atoms with Crippen molar-refractivity contribution in [2.24, 2.45) is 5.92 Å². The predicted molar refractivity (Wildman–Crippen MR) is 63.1 cm³/mol. The highest BCUT2D eigenvalue weighted by atomic mass is 16.5. The normalized spacial score (nSPS) is 21.4. The zero-order chi connectivity index (χ0) is 12.0. The molecule has 1 aliphatic carbocycles. The monoisotopic (exact) mass is 228 g/mol. The Labute approximate surface area is 98.2 Å². The molecule has 1 saturated carbocycles. The summed E-state index contributed by atoms with van der Waals surface area (Å²) >= 11 is 0. The van der Waals surface area contributed by atoms with Crippen molar-refractivity contribution < 1.29 is 14.6 Å². The SMILES string of the molecule is CCC(O)(CC(=O)OC)CC1CCCCC1. The molecule has 16 heavy (non-hydrogen) atoms. The fraction of sp³-hybridized carbons (Fsp3) is 0.923. The minimum atomic E-state index is -0.852. The number of carbonyl (C=O) groups is 1. The molecule has 1 N–H and O–H groups in total. The third-order valence-electron chi connectivity index (χ3n) is 3.75. The standard InChI is InChI=1S/C13H24O3/c1-3-13(15,10-12(14)16-2)9-11-7-5-4-6-8-11/h11,15H,3-10H2,1-2H3. The predicted octanol–water partition coefficient (Wildman–Crippen LogP) is 2.66. The lowest BCUT2D eigenvalue weighted by molar-refractivity contribution is -0.147. The van der Waals surface area contributed by atoms with E-state index < -0.39 is 5.60 Å². The molecule has 0 saturated heterocycles. The molecule has 0 spiro atoms. The van der Waals surface area contributed by atoms with Gasteiger partial charge in [0.25, 0.3) is 0 Å². The van der Waals surface area contributed by atoms with Gasteiger partial charge in [-0.05, 0) is 18.8 Å². The molecule has 0 aromatic heterocycles. The van der Waals surface area contributed by atoms with E-state index in [1.807, 2.05) is 6.92 Å². The van der Waals surface area contributed by atoms with Gasteiger partial charge in [0, 0.05) is 0 Å². The van der Waals surface area contributed by atoms with E-state index in [1.165, 1.54) is 39.2 Å². The lowest BCUT2D eigenvalue weighted by Gasteiger charge is -2.32. The molecule has 1 atom stereocenters. The maximum absolute atomic E-state index is 11.2. The number of ether oxygens (including phenoxy) is 1. The summed E-state index contributed by atoms with van der Waals surface area (Å²) in [5.41, 5.74) is -0.852. The Morgan fingerprint density at radius 2 is 2.00 bits per heavy atom. The van der Waals surface area contributed by atoms with Gasteiger partial charge in [-0.25, -0.2) is 0 Å². The van der Waals surface area contributed by atoms with Crippen molar-refractivity contribution in [3.05, 3.63) is 0 Å². The van der Waals surface area contributed by atoms with Crippen molar-refractivity contribution >= 4 is 5.97 Å². The Bertz CT molecular complexity index is 221. The van der Waals surface area contributed by atoms with Gasteiger partial charge in [0.1, 0.15) is 0 Å². The molecule has 94 valence electrons. The van der Waals surface area contributed by atoms with E-state index in [0.717, 1.165) is 6.42 Å². The summed E-state index contributed by atoms with van der Waals surface area (Å²) in [5, 5.41) is 10.4. The zero-order valence-electron chi connectivity index (χ0n) is 10.5. The summed E-state index contributed by atoms with van der Waals surface area (Å²) < 4.78 is 4.64. The van der Waals surface area contributed by atoms with Gasteiger partial charge in [-0.3, -0.25) is 4.79 Å². The number of hydrogen-bond acceptors (Lipinski definition) is 3. The topological polar surface area (TPSA) is 46.5 Å². The summed E-state index contributed by atoms with van der Waals surface area (Å²) in [6.07, 6.45) is 7.75. The van der Waals surface area contributed by atoms with Crippen LogP contribution in [0.15, 0.2) is 0 Å². The molecule has 3 nitrogen and oxygen atoms in total. The Morgan fingerprint density at radius 3 is 2.50 bits per heavy atom. The van der Waals surface area contributed by atoms with E-state index in [9.17, 15) is 9.90 Å². The number of hydrogen-bond donors (Lipinski definition) is 1. The van der Waals surface area contributed by atoms with E-state index in [4.69, 9.17) is 0 Å². The van der Waals surface area contributed by atoms with E-state index in [1.54, 1.807) is 0 Å². The highest BCUT2D eigenvalue weighted by molar-refractivity contribution is 5.70. The van der Waals surface area contributed by atoms with Gasteiger partial charge in [0.2, 0.25) is 0 Å². The second-order valence-electron chi connectivity index (χ2n) is 5.04. The Kier molecular flexibility index (Phi) is 5.26. The fourth-order valence-electron chi connectivity index (χ4n) is 2.61. The van der Waals surface area contributed by atoms with Crippen molar-refractivity contribution in [1.82, 2.24) is 0 Å². The first-order chi connectivity index (χ1) is 7.59. The van der Waals surface area contributed by atoms with Crippen molar-refractivity contribution in [2.75, 3.05) is 7.11 Å². The highest BCUT2D eigenvalue weighted by Gasteiger charge is 2.32. The fourth-order valence-corrected chi connectivity index (χ4v) is 2.61. The molecular weight excluding hydrogens is 204 g/mol. The minimum absolute atomic E-state index is 0.135. The third-order valence-corrected chi connectivity index (χ3v) is 3.75. The molecule has 3 heteroatoms. The van der Waals surface area contributed by atoms with Gasteiger partial charge >= 0.3 is 5.97 Å². The quantitative estimate of drug-likeness (QED) is 0.736. The molecule has 0 aromatic carbocycles. The lowest BCUT2D eigenvalue weighted by atomic mass is 9.78. The molecular formula is C13H24O3. The van der Waals surface area contributed by atoms with Crippen LogP contribution in [-0.4, -0.2) is 23.8 Å². The average molecular weight is 228 g/mol.